The molecule has 74 valence electrons. The van der Waals surface area contributed by atoms with Gasteiger partial charge in [0.2, 0.25) is 0 Å². The maximum absolute atomic E-state index is 9.90. The van der Waals surface area contributed by atoms with Crippen LogP contribution < -0.4 is 0 Å². The van der Waals surface area contributed by atoms with Crippen molar-refractivity contribution in [1.29, 1.82) is 0 Å². The van der Waals surface area contributed by atoms with Crippen LogP contribution in [-0.4, -0.2) is 62.8 Å². The van der Waals surface area contributed by atoms with Crippen molar-refractivity contribution in [2.24, 2.45) is 0 Å². The molecule has 0 saturated heterocycles. The van der Waals surface area contributed by atoms with Gasteiger partial charge in [-0.15, -0.1) is 0 Å². The van der Waals surface area contributed by atoms with Gasteiger partial charge in [-0.1, -0.05) is 0 Å². The van der Waals surface area contributed by atoms with Crippen LogP contribution >= 0.6 is 0 Å². The summed E-state index contributed by atoms with van der Waals surface area (Å²) in [6.45, 7) is -0.760. The number of aliphatic hydroxyl groups excluding tert-OH is 5. The number of carbonyl (C=O) groups excluding carboxylic acids is 1. The zero-order valence-electron chi connectivity index (χ0n) is 6.95. The molecule has 6 nitrogen and oxygen atoms in total. The maximum atomic E-state index is 9.90. The van der Waals surface area contributed by atoms with Gasteiger partial charge in [0.15, 0.2) is 6.29 Å². The molecule has 0 aromatic rings. The molecule has 0 aromatic heterocycles. The molecule has 0 spiro atoms. The topological polar surface area (TPSA) is 118 Å². The summed E-state index contributed by atoms with van der Waals surface area (Å²) >= 11 is 0. The van der Waals surface area contributed by atoms with Gasteiger partial charge in [0.05, 0.1) is 6.61 Å². The molecule has 0 bridgehead atoms. The van der Waals surface area contributed by atoms with E-state index in [1.54, 1.807) is 0 Å². The molecular formula is C6H12O6Zn. The summed E-state index contributed by atoms with van der Waals surface area (Å²) in [4.78, 5) is 9.90. The van der Waals surface area contributed by atoms with Crippen molar-refractivity contribution in [2.75, 3.05) is 6.61 Å². The summed E-state index contributed by atoms with van der Waals surface area (Å²) in [5.41, 5.74) is 0. The number of carbonyl (C=O) groups is 1. The van der Waals surface area contributed by atoms with Crippen LogP contribution in [0.2, 0.25) is 0 Å². The van der Waals surface area contributed by atoms with Gasteiger partial charge in [-0.2, -0.15) is 0 Å². The molecule has 4 unspecified atom stereocenters. The predicted octanol–water partition coefficient (Wildman–Crippen LogP) is -3.38. The Labute approximate surface area is 87.6 Å². The fourth-order valence-electron chi connectivity index (χ4n) is 0.618. The van der Waals surface area contributed by atoms with Gasteiger partial charge in [0.1, 0.15) is 24.4 Å². The largest absolute Gasteiger partial charge is 0.394 e. The molecule has 0 rings (SSSR count). The Kier molecular flexibility index (Phi) is 8.97. The molecule has 0 saturated carbocycles. The molecule has 5 N–H and O–H groups in total. The Balaban J connectivity index is 0. The van der Waals surface area contributed by atoms with E-state index in [2.05, 4.69) is 0 Å². The maximum Gasteiger partial charge on any atom is 0.151 e. The Morgan fingerprint density at radius 2 is 1.54 bits per heavy atom. The first kappa shape index (κ1) is 15.6. The normalized spacial score (nSPS) is 19.5. The minimum atomic E-state index is -1.79. The van der Waals surface area contributed by atoms with E-state index in [1.165, 1.54) is 0 Å². The van der Waals surface area contributed by atoms with Crippen molar-refractivity contribution in [1.82, 2.24) is 0 Å². The van der Waals surface area contributed by atoms with E-state index in [0.29, 0.717) is 0 Å². The fourth-order valence-corrected chi connectivity index (χ4v) is 0.618. The quantitative estimate of drug-likeness (QED) is 0.255. The van der Waals surface area contributed by atoms with Crippen LogP contribution in [0.5, 0.6) is 0 Å². The first-order valence-electron chi connectivity index (χ1n) is 3.33. The minimum Gasteiger partial charge on any atom is -0.394 e. The van der Waals surface area contributed by atoms with E-state index in [-0.39, 0.29) is 25.8 Å². The van der Waals surface area contributed by atoms with Gasteiger partial charge >= 0.3 is 0 Å². The first-order valence-corrected chi connectivity index (χ1v) is 3.33. The van der Waals surface area contributed by atoms with Gasteiger partial charge < -0.3 is 30.3 Å². The number of hydrogen-bond acceptors (Lipinski definition) is 6. The van der Waals surface area contributed by atoms with Crippen LogP contribution in [0.3, 0.4) is 0 Å². The van der Waals surface area contributed by atoms with Crippen LogP contribution in [0, 0.1) is 0 Å². The second-order valence-electron chi connectivity index (χ2n) is 2.36. The third-order valence-corrected chi connectivity index (χ3v) is 1.42. The smallest absolute Gasteiger partial charge is 0.151 e. The van der Waals surface area contributed by atoms with Crippen LogP contribution in [0.15, 0.2) is 0 Å². The molecule has 0 amide bonds. The average Bonchev–Trinajstić information content (AvgIpc) is 2.12. The number of hydrogen-bond donors (Lipinski definition) is 5. The summed E-state index contributed by atoms with van der Waals surface area (Å²) in [7, 11) is 0. The SMILES string of the molecule is O=CC(O)C(O)C(O)C(O)CO.[Zn]. The molecule has 0 aliphatic heterocycles. The average molecular weight is 246 g/mol. The van der Waals surface area contributed by atoms with Crippen molar-refractivity contribution < 1.29 is 49.8 Å². The number of aldehydes is 1. The summed E-state index contributed by atoms with van der Waals surface area (Å²) in [6, 6.07) is 0. The summed E-state index contributed by atoms with van der Waals surface area (Å²) in [6.07, 6.45) is -6.84. The van der Waals surface area contributed by atoms with Crippen molar-refractivity contribution >= 4 is 6.29 Å². The molecule has 13 heavy (non-hydrogen) atoms. The van der Waals surface area contributed by atoms with Gasteiger partial charge in [-0.3, -0.25) is 0 Å². The third kappa shape index (κ3) is 4.76. The van der Waals surface area contributed by atoms with Crippen LogP contribution in [0.1, 0.15) is 0 Å². The first-order chi connectivity index (χ1) is 5.54. The molecule has 0 fully saturated rings. The summed E-state index contributed by atoms with van der Waals surface area (Å²) in [5.74, 6) is 0. The summed E-state index contributed by atoms with van der Waals surface area (Å²) in [5, 5.41) is 43.5. The van der Waals surface area contributed by atoms with Gasteiger partial charge in [0, 0.05) is 19.5 Å². The van der Waals surface area contributed by atoms with Crippen LogP contribution in [-0.2, 0) is 24.3 Å². The van der Waals surface area contributed by atoms with E-state index in [1.807, 2.05) is 0 Å². The van der Waals surface area contributed by atoms with Gasteiger partial charge in [-0.25, -0.2) is 0 Å². The zero-order chi connectivity index (χ0) is 9.72. The molecule has 7 heteroatoms. The van der Waals surface area contributed by atoms with Crippen LogP contribution in [0.4, 0.5) is 0 Å². The van der Waals surface area contributed by atoms with E-state index in [9.17, 15) is 4.79 Å². The fraction of sp³-hybridized carbons (Fsp3) is 0.833. The monoisotopic (exact) mass is 244 g/mol. The van der Waals surface area contributed by atoms with Gasteiger partial charge in [-0.05, 0) is 0 Å². The number of rotatable bonds is 5. The number of aliphatic hydroxyl groups is 5. The summed E-state index contributed by atoms with van der Waals surface area (Å²) < 4.78 is 0. The minimum absolute atomic E-state index is 0. The second kappa shape index (κ2) is 7.49. The van der Waals surface area contributed by atoms with Gasteiger partial charge in [0.25, 0.3) is 0 Å². The van der Waals surface area contributed by atoms with Crippen molar-refractivity contribution in [3.8, 4) is 0 Å². The van der Waals surface area contributed by atoms with Crippen molar-refractivity contribution in [3.63, 3.8) is 0 Å². The van der Waals surface area contributed by atoms with E-state index in [0.717, 1.165) is 0 Å². The molecule has 0 aliphatic carbocycles. The van der Waals surface area contributed by atoms with E-state index in [4.69, 9.17) is 25.5 Å². The molecule has 0 heterocycles. The van der Waals surface area contributed by atoms with Crippen LogP contribution in [0.25, 0.3) is 0 Å². The Morgan fingerprint density at radius 3 is 1.85 bits per heavy atom. The molecule has 0 aliphatic rings. The molecule has 0 aromatic carbocycles. The Morgan fingerprint density at radius 1 is 1.08 bits per heavy atom. The molecule has 4 atom stereocenters. The van der Waals surface area contributed by atoms with Crippen molar-refractivity contribution in [2.45, 2.75) is 24.4 Å². The van der Waals surface area contributed by atoms with Crippen molar-refractivity contribution in [3.05, 3.63) is 0 Å². The third-order valence-electron chi connectivity index (χ3n) is 1.42. The Hall–Kier alpha value is 0.0934. The van der Waals surface area contributed by atoms with E-state index < -0.39 is 31.0 Å². The molecular weight excluding hydrogens is 233 g/mol. The predicted molar refractivity (Wildman–Crippen MR) is 37.2 cm³/mol. The zero-order valence-corrected chi connectivity index (χ0v) is 9.91. The van der Waals surface area contributed by atoms with E-state index >= 15 is 0 Å². The standard InChI is InChI=1S/C6H12O6.Zn/c7-1-3(9)5(11)6(12)4(10)2-8;/h1,3-6,8-12H,2H2;. The second-order valence-corrected chi connectivity index (χ2v) is 2.36. The Bertz CT molecular complexity index is 143. The molecule has 0 radical (unpaired) electrons.